The molecule has 0 spiro atoms. The molecule has 1 saturated heterocycles. The Morgan fingerprint density at radius 3 is 2.05 bits per heavy atom. The molecule has 0 unspecified atom stereocenters. The lowest BCUT2D eigenvalue weighted by Crippen LogP contribution is -2.39. The van der Waals surface area contributed by atoms with Crippen molar-refractivity contribution in [2.45, 2.75) is 0 Å². The summed E-state index contributed by atoms with van der Waals surface area (Å²) < 4.78 is 5.13. The lowest BCUT2D eigenvalue weighted by atomic mass is 10.4. The second-order valence-corrected chi connectivity index (χ2v) is 4.68. The van der Waals surface area contributed by atoms with Gasteiger partial charge in [0.15, 0.2) is 0 Å². The number of carbonyl (C=O) groups is 2. The first-order valence-corrected chi connectivity index (χ1v) is 7.90. The lowest BCUT2D eigenvalue weighted by Gasteiger charge is -2.25. The number of ether oxygens (including phenoxy) is 1. The molecule has 0 radical (unpaired) electrons. The average Bonchev–Trinajstić information content (AvgIpc) is 2.44. The molecule has 0 aliphatic carbocycles. The van der Waals surface area contributed by atoms with E-state index in [0.29, 0.717) is 31.6 Å². The minimum atomic E-state index is -0.903. The maximum Gasteiger partial charge on any atom is 0.328 e. The minimum Gasteiger partial charge on any atom is -0.478 e. The first-order chi connectivity index (χ1) is 9.11. The summed E-state index contributed by atoms with van der Waals surface area (Å²) in [5, 5.41) is 9.26. The summed E-state index contributed by atoms with van der Waals surface area (Å²) in [4.78, 5) is 22.8. The van der Waals surface area contributed by atoms with E-state index in [1.54, 1.807) is 17.1 Å². The van der Waals surface area contributed by atoms with Gasteiger partial charge in [-0.05, 0) is 6.08 Å². The summed E-state index contributed by atoms with van der Waals surface area (Å²) in [7, 11) is 0. The minimum absolute atomic E-state index is 0.0813. The predicted molar refractivity (Wildman–Crippen MR) is 80.9 cm³/mol. The zero-order chi connectivity index (χ0) is 14.5. The molecule has 1 aliphatic heterocycles. The first kappa shape index (κ1) is 18.3. The van der Waals surface area contributed by atoms with Gasteiger partial charge in [-0.1, -0.05) is 44.0 Å². The van der Waals surface area contributed by atoms with Crippen molar-refractivity contribution in [3.63, 3.8) is 0 Å². The van der Waals surface area contributed by atoms with Crippen LogP contribution in [0.25, 0.3) is 0 Å². The number of halogens is 2. The molecule has 1 aliphatic rings. The van der Waals surface area contributed by atoms with Crippen LogP contribution in [0.1, 0.15) is 0 Å². The number of alkyl halides is 2. The average molecular weight is 399 g/mol. The maximum absolute atomic E-state index is 11.3. The number of nitrogens with zero attached hydrogens (tertiary/aromatic N) is 1. The van der Waals surface area contributed by atoms with E-state index >= 15 is 0 Å². The largest absolute Gasteiger partial charge is 0.478 e. The maximum atomic E-state index is 11.3. The molecule has 1 fully saturated rings. The smallest absolute Gasteiger partial charge is 0.328 e. The molecule has 0 aromatic heterocycles. The van der Waals surface area contributed by atoms with Gasteiger partial charge in [-0.3, -0.25) is 4.79 Å². The molecular weight excluding hydrogens is 382 g/mol. The van der Waals surface area contributed by atoms with Crippen molar-refractivity contribution in [1.29, 1.82) is 0 Å². The van der Waals surface area contributed by atoms with Gasteiger partial charge in [0.05, 0.1) is 13.2 Å². The number of carboxylic acids is 1. The quantitative estimate of drug-likeness (QED) is 0.579. The highest BCUT2D eigenvalue weighted by atomic mass is 79.9. The molecule has 0 bridgehead atoms. The number of allylic oxidation sites excluding steroid dienone is 2. The third-order valence-electron chi connectivity index (χ3n) is 2.02. The van der Waals surface area contributed by atoms with Crippen molar-refractivity contribution in [1.82, 2.24) is 4.90 Å². The Balaban J connectivity index is 0.000000399. The normalized spacial score (nSPS) is 15.4. The molecule has 1 amide bonds. The lowest BCUT2D eigenvalue weighted by molar-refractivity contribution is -0.131. The van der Waals surface area contributed by atoms with Crippen molar-refractivity contribution in [2.24, 2.45) is 0 Å². The fourth-order valence-electron chi connectivity index (χ4n) is 1.18. The van der Waals surface area contributed by atoms with Crippen LogP contribution in [-0.2, 0) is 14.3 Å². The number of morpholine rings is 1. The van der Waals surface area contributed by atoms with Crippen LogP contribution in [-0.4, -0.2) is 58.8 Å². The molecule has 1 rings (SSSR count). The van der Waals surface area contributed by atoms with E-state index in [2.05, 4.69) is 31.9 Å². The summed E-state index contributed by atoms with van der Waals surface area (Å²) in [5.41, 5.74) is 0. The molecule has 0 saturated carbocycles. The van der Waals surface area contributed by atoms with Gasteiger partial charge in [0, 0.05) is 29.8 Å². The van der Waals surface area contributed by atoms with Gasteiger partial charge in [0.25, 0.3) is 0 Å². The SMILES string of the molecule is O=C(/C=C/CBr)N1CCOCC1.O=C(O)/C=C/CBr. The highest BCUT2D eigenvalue weighted by Crippen LogP contribution is 1.98. The second kappa shape index (κ2) is 12.4. The molecule has 0 aromatic carbocycles. The van der Waals surface area contributed by atoms with Crippen LogP contribution in [0.15, 0.2) is 24.3 Å². The Hall–Kier alpha value is -0.660. The number of carboxylic acid groups (broad SMARTS) is 1. The standard InChI is InChI=1S/C8H12BrNO2.C4H5BrO2/c9-3-1-2-8(11)10-4-6-12-7-5-10;5-3-1-2-4(6)7/h1-2H,3-7H2;1-2H,3H2,(H,6,7)/b2*2-1+. The van der Waals surface area contributed by atoms with Crippen LogP contribution in [0.5, 0.6) is 0 Å². The molecule has 19 heavy (non-hydrogen) atoms. The van der Waals surface area contributed by atoms with Crippen LogP contribution >= 0.6 is 31.9 Å². The highest BCUT2D eigenvalue weighted by Gasteiger charge is 2.13. The molecule has 0 aromatic rings. The van der Waals surface area contributed by atoms with Crippen molar-refractivity contribution in [3.05, 3.63) is 24.3 Å². The van der Waals surface area contributed by atoms with Crippen LogP contribution in [0.3, 0.4) is 0 Å². The summed E-state index contributed by atoms with van der Waals surface area (Å²) >= 11 is 6.25. The van der Waals surface area contributed by atoms with E-state index in [1.807, 2.05) is 0 Å². The van der Waals surface area contributed by atoms with Gasteiger partial charge in [0.1, 0.15) is 0 Å². The number of rotatable bonds is 4. The summed E-state index contributed by atoms with van der Waals surface area (Å²) in [6, 6.07) is 0. The van der Waals surface area contributed by atoms with Gasteiger partial charge >= 0.3 is 5.97 Å². The number of hydrogen-bond donors (Lipinski definition) is 1. The van der Waals surface area contributed by atoms with Crippen LogP contribution < -0.4 is 0 Å². The number of amides is 1. The summed E-state index contributed by atoms with van der Waals surface area (Å²) in [6.07, 6.45) is 6.01. The van der Waals surface area contributed by atoms with E-state index in [1.165, 1.54) is 6.08 Å². The van der Waals surface area contributed by atoms with E-state index in [9.17, 15) is 9.59 Å². The monoisotopic (exact) mass is 397 g/mol. The van der Waals surface area contributed by atoms with Gasteiger partial charge < -0.3 is 14.7 Å². The zero-order valence-corrected chi connectivity index (χ0v) is 13.6. The molecule has 7 heteroatoms. The van der Waals surface area contributed by atoms with E-state index in [4.69, 9.17) is 9.84 Å². The van der Waals surface area contributed by atoms with Crippen molar-refractivity contribution in [2.75, 3.05) is 37.0 Å². The molecule has 108 valence electrons. The molecule has 5 nitrogen and oxygen atoms in total. The Morgan fingerprint density at radius 2 is 1.63 bits per heavy atom. The first-order valence-electron chi connectivity index (χ1n) is 5.66. The highest BCUT2D eigenvalue weighted by molar-refractivity contribution is 9.09. The molecular formula is C12H17Br2NO4. The Morgan fingerprint density at radius 1 is 1.11 bits per heavy atom. The zero-order valence-electron chi connectivity index (χ0n) is 10.4. The third kappa shape index (κ3) is 10.9. The summed E-state index contributed by atoms with van der Waals surface area (Å²) in [5.74, 6) is -0.822. The fourth-order valence-corrected chi connectivity index (χ4v) is 1.55. The van der Waals surface area contributed by atoms with E-state index < -0.39 is 5.97 Å². The number of hydrogen-bond acceptors (Lipinski definition) is 3. The van der Waals surface area contributed by atoms with E-state index in [-0.39, 0.29) is 5.91 Å². The Bertz CT molecular complexity index is 326. The van der Waals surface area contributed by atoms with Crippen LogP contribution in [0.2, 0.25) is 0 Å². The fraction of sp³-hybridized carbons (Fsp3) is 0.500. The summed E-state index contributed by atoms with van der Waals surface area (Å²) in [6.45, 7) is 2.75. The Labute approximate surface area is 129 Å². The molecule has 1 heterocycles. The van der Waals surface area contributed by atoms with Crippen LogP contribution in [0.4, 0.5) is 0 Å². The topological polar surface area (TPSA) is 66.8 Å². The van der Waals surface area contributed by atoms with Crippen LogP contribution in [0, 0.1) is 0 Å². The third-order valence-corrected chi connectivity index (χ3v) is 2.77. The van der Waals surface area contributed by atoms with Crippen molar-refractivity contribution < 1.29 is 19.4 Å². The van der Waals surface area contributed by atoms with Gasteiger partial charge in [0.2, 0.25) is 5.91 Å². The van der Waals surface area contributed by atoms with Crippen molar-refractivity contribution >= 4 is 43.7 Å². The number of aliphatic carboxylic acids is 1. The van der Waals surface area contributed by atoms with Gasteiger partial charge in [-0.15, -0.1) is 0 Å². The van der Waals surface area contributed by atoms with E-state index in [0.717, 1.165) is 11.4 Å². The molecule has 0 atom stereocenters. The second-order valence-electron chi connectivity index (χ2n) is 3.39. The predicted octanol–water partition coefficient (Wildman–Crippen LogP) is 1.82. The number of carbonyl (C=O) groups excluding carboxylic acids is 1. The van der Waals surface area contributed by atoms with Gasteiger partial charge in [-0.2, -0.15) is 0 Å². The Kier molecular flexibility index (Phi) is 11.9. The molecule has 1 N–H and O–H groups in total. The van der Waals surface area contributed by atoms with Gasteiger partial charge in [-0.25, -0.2) is 4.79 Å². The van der Waals surface area contributed by atoms with Crippen molar-refractivity contribution in [3.8, 4) is 0 Å².